The first-order chi connectivity index (χ1) is 12.9. The van der Waals surface area contributed by atoms with Gasteiger partial charge in [-0.25, -0.2) is 0 Å². The van der Waals surface area contributed by atoms with Crippen molar-refractivity contribution in [2.75, 3.05) is 0 Å². The van der Waals surface area contributed by atoms with E-state index in [1.165, 1.54) is 5.92 Å². The second-order valence-corrected chi connectivity index (χ2v) is 7.84. The molecular formula is C19H17BCl4FeMnO2-2. The van der Waals surface area contributed by atoms with Crippen molar-refractivity contribution in [3.05, 3.63) is 114 Å². The Bertz CT molecular complexity index is 281. The summed E-state index contributed by atoms with van der Waals surface area (Å²) in [7, 11) is 0. The average Bonchev–Trinajstić information content (AvgIpc) is 3.44. The van der Waals surface area contributed by atoms with Crippen LogP contribution < -0.4 is 0 Å². The van der Waals surface area contributed by atoms with Gasteiger partial charge in [0.05, 0.1) is 0 Å². The monoisotopic (exact) mass is 539 g/mol. The zero-order chi connectivity index (χ0) is 22.0. The van der Waals surface area contributed by atoms with Crippen LogP contribution in [0.25, 0.3) is 0 Å². The van der Waals surface area contributed by atoms with Crippen LogP contribution in [0.15, 0.2) is 0 Å². The third kappa shape index (κ3) is 56.4. The molecule has 0 spiro atoms. The van der Waals surface area contributed by atoms with Gasteiger partial charge < -0.3 is 45.8 Å². The largest absolute Gasteiger partial charge is 0.0312 e. The zero-order valence-electron chi connectivity index (χ0n) is 14.7. The van der Waals surface area contributed by atoms with Gasteiger partial charge in [0, 0.05) is 17.1 Å². The fourth-order valence-corrected chi connectivity index (χ4v) is 1.11. The third-order valence-electron chi connectivity index (χ3n) is 1.94. The second kappa shape index (κ2) is 35.9. The molecule has 0 saturated heterocycles. The molecule has 3 aliphatic rings. The van der Waals surface area contributed by atoms with Crippen LogP contribution >= 0.6 is 45.8 Å². The van der Waals surface area contributed by atoms with Crippen LogP contribution in [0.3, 0.4) is 0 Å². The van der Waals surface area contributed by atoms with Crippen LogP contribution in [0.1, 0.15) is 6.92 Å². The maximum Gasteiger partial charge on any atom is 0 e. The third-order valence-corrected chi connectivity index (χ3v) is 1.94. The summed E-state index contributed by atoms with van der Waals surface area (Å²) >= 11 is 21.7. The molecule has 2 nitrogen and oxygen atoms in total. The van der Waals surface area contributed by atoms with Gasteiger partial charge in [-0.1, -0.05) is 6.92 Å². The van der Waals surface area contributed by atoms with Gasteiger partial charge in [0.1, 0.15) is 0 Å². The van der Waals surface area contributed by atoms with Gasteiger partial charge in [0.25, 0.3) is 0 Å². The minimum absolute atomic E-state index is 0. The molecule has 0 aromatic heterocycles. The average molecular weight is 541 g/mol. The van der Waals surface area contributed by atoms with E-state index in [4.69, 9.17) is 60.4 Å². The van der Waals surface area contributed by atoms with Gasteiger partial charge in [-0.3, -0.25) is 0 Å². The van der Waals surface area contributed by atoms with E-state index in [0.29, 0.717) is 0 Å². The summed E-state index contributed by atoms with van der Waals surface area (Å²) in [5, 5.41) is 5.56. The minimum Gasteiger partial charge on any atom is -0.0312 e. The Hall–Kier alpha value is 1.52. The Balaban J connectivity index is -0.0000000764. The molecule has 0 aromatic carbocycles. The topological polar surface area (TPSA) is 39.8 Å². The van der Waals surface area contributed by atoms with Crippen molar-refractivity contribution in [3.63, 3.8) is 0 Å². The Labute approximate surface area is 211 Å². The van der Waals surface area contributed by atoms with E-state index >= 15 is 0 Å². The van der Waals surface area contributed by atoms with Crippen LogP contribution in [-0.2, 0) is 41.8 Å². The summed E-state index contributed by atoms with van der Waals surface area (Å²) in [5.74, 6) is 1.34. The van der Waals surface area contributed by atoms with Crippen molar-refractivity contribution in [3.8, 4) is 0 Å². The SMILES string of the molecule is C[C]1[CH][CH][CH][CH]1.Cl[B-](Cl)(Cl)Cl.[C-]#[Mn].[C-]#[O+].[C-]#[O+].[CH]1[CH][CH][CH][CH]1.[CH]1[CH][CH][CH][CH]1.[Fe]. The minimum atomic E-state index is -2.11. The first-order valence-electron chi connectivity index (χ1n) is 6.88. The maximum atomic E-state index is 7.50. The Kier molecular flexibility index (Phi) is 51.3. The number of rotatable bonds is 0. The van der Waals surface area contributed by atoms with Gasteiger partial charge in [-0.2, -0.15) is 0 Å². The smallest absolute Gasteiger partial charge is 0 e. The summed E-state index contributed by atoms with van der Waals surface area (Å²) in [6.45, 7) is 11.1. The van der Waals surface area contributed by atoms with Crippen LogP contribution in [0.4, 0.5) is 0 Å². The molecular weight excluding hydrogens is 524 g/mol. The fourth-order valence-electron chi connectivity index (χ4n) is 1.11. The molecule has 28 heavy (non-hydrogen) atoms. The fraction of sp³-hybridized carbons (Fsp3) is 0.0526. The number of hydrogen-bond donors (Lipinski definition) is 0. The summed E-state index contributed by atoms with van der Waals surface area (Å²) in [6.07, 6.45) is 28.2. The molecule has 0 bridgehead atoms. The number of hydrogen-bond acceptors (Lipinski definition) is 0. The van der Waals surface area contributed by atoms with Gasteiger partial charge in [0.2, 0.25) is 0 Å². The summed E-state index contributed by atoms with van der Waals surface area (Å²) in [5.41, 5.74) is 0. The van der Waals surface area contributed by atoms with Crippen molar-refractivity contribution < 1.29 is 41.8 Å². The van der Waals surface area contributed by atoms with Crippen LogP contribution in [0.2, 0.25) is 0 Å². The van der Waals surface area contributed by atoms with Gasteiger partial charge in [-0.05, 0) is 95.8 Å². The van der Waals surface area contributed by atoms with E-state index in [1.807, 2.05) is 77.0 Å². The molecule has 3 fully saturated rings. The summed E-state index contributed by atoms with van der Waals surface area (Å²) in [4.78, 5) is 0. The van der Waals surface area contributed by atoms with Crippen molar-refractivity contribution in [1.29, 1.82) is 0 Å². The second-order valence-electron chi connectivity index (χ2n) is 3.88. The summed E-state index contributed by atoms with van der Waals surface area (Å²) < 4.78 is 12.9. The van der Waals surface area contributed by atoms with Crippen LogP contribution in [-0.4, -0.2) is 3.81 Å². The van der Waals surface area contributed by atoms with Crippen molar-refractivity contribution in [2.24, 2.45) is 0 Å². The van der Waals surface area contributed by atoms with E-state index in [9.17, 15) is 0 Å². The van der Waals surface area contributed by atoms with E-state index in [1.54, 1.807) is 0 Å². The maximum absolute atomic E-state index is 7.50. The first-order valence-corrected chi connectivity index (χ1v) is 9.22. The van der Waals surface area contributed by atoms with Crippen molar-refractivity contribution in [2.45, 2.75) is 6.92 Å². The van der Waals surface area contributed by atoms with Crippen molar-refractivity contribution >= 4 is 49.6 Å². The Morgan fingerprint density at radius 1 is 0.607 bits per heavy atom. The molecule has 3 saturated carbocycles. The molecule has 153 valence electrons. The Morgan fingerprint density at radius 2 is 0.750 bits per heavy atom. The van der Waals surface area contributed by atoms with E-state index in [0.717, 1.165) is 0 Å². The molecule has 15 radical (unpaired) electrons. The number of halogens is 4. The standard InChI is InChI=1S/C6H7.2C5H5.2CO.C.BCl4.Fe.Mn/c1-6-4-2-3-5-6;2*1-2-4-5-3-1;2*1-2;;2-1(3,4)5;;/h2-5H,1H3;2*1-5H;;;;;;/q;;;;;2*-1;;. The quantitative estimate of drug-likeness (QED) is 0.211. The van der Waals surface area contributed by atoms with E-state index in [-0.39, 0.29) is 17.1 Å². The molecule has 3 aliphatic carbocycles. The molecule has 0 N–H and O–H groups in total. The molecule has 0 amide bonds. The van der Waals surface area contributed by atoms with Crippen molar-refractivity contribution in [1.82, 2.24) is 0 Å². The molecule has 0 aliphatic heterocycles. The van der Waals surface area contributed by atoms with Gasteiger partial charge in [-0.15, -0.1) is 0 Å². The first kappa shape index (κ1) is 39.9. The normalized spacial score (nSPS) is 16.4. The molecule has 9 heteroatoms. The predicted molar refractivity (Wildman–Crippen MR) is 109 cm³/mol. The molecule has 0 heterocycles. The van der Waals surface area contributed by atoms with Gasteiger partial charge >= 0.3 is 47.0 Å². The van der Waals surface area contributed by atoms with Crippen LogP contribution in [0, 0.1) is 114 Å². The molecule has 3 rings (SSSR count). The zero-order valence-corrected chi connectivity index (χ0v) is 20.0. The molecule has 0 atom stereocenters. The predicted octanol–water partition coefficient (Wildman–Crippen LogP) is 5.83. The van der Waals surface area contributed by atoms with E-state index < -0.39 is 3.81 Å². The summed E-state index contributed by atoms with van der Waals surface area (Å²) in [6, 6.07) is 0. The Morgan fingerprint density at radius 3 is 0.821 bits per heavy atom. The van der Waals surface area contributed by atoms with Gasteiger partial charge in [0.15, 0.2) is 0 Å². The van der Waals surface area contributed by atoms with E-state index in [2.05, 4.69) is 48.5 Å². The molecule has 0 unspecified atom stereocenters. The van der Waals surface area contributed by atoms with Crippen LogP contribution in [0.5, 0.6) is 0 Å². The molecule has 0 aromatic rings.